The van der Waals surface area contributed by atoms with E-state index < -0.39 is 0 Å². The molecule has 1 saturated heterocycles. The molecule has 0 N–H and O–H groups in total. The van der Waals surface area contributed by atoms with Crippen molar-refractivity contribution in [2.45, 2.75) is 65.1 Å². The third-order valence-corrected chi connectivity index (χ3v) is 5.28. The Hall–Kier alpha value is -0.795. The van der Waals surface area contributed by atoms with E-state index in [0.717, 1.165) is 12.3 Å². The summed E-state index contributed by atoms with van der Waals surface area (Å²) < 4.78 is 12.5. The smallest absolute Gasteiger partial charge is 0.399 e. The molecule has 0 spiro atoms. The van der Waals surface area contributed by atoms with Crippen molar-refractivity contribution in [2.24, 2.45) is 5.92 Å². The zero-order valence-electron chi connectivity index (χ0n) is 13.3. The number of benzene rings is 1. The number of rotatable bonds is 1. The highest BCUT2D eigenvalue weighted by atomic mass is 16.7. The average molecular weight is 272 g/mol. The molecule has 1 fully saturated rings. The molecule has 3 heteroatoms. The van der Waals surface area contributed by atoms with Gasteiger partial charge in [-0.3, -0.25) is 0 Å². The third kappa shape index (κ3) is 2.21. The highest BCUT2D eigenvalue weighted by Crippen LogP contribution is 2.37. The van der Waals surface area contributed by atoms with Crippen LogP contribution >= 0.6 is 0 Å². The first-order valence-corrected chi connectivity index (χ1v) is 7.76. The highest BCUT2D eigenvalue weighted by Gasteiger charge is 2.52. The summed E-state index contributed by atoms with van der Waals surface area (Å²) in [7, 11) is -0.222. The molecule has 20 heavy (non-hydrogen) atoms. The Morgan fingerprint density at radius 1 is 1.10 bits per heavy atom. The zero-order valence-corrected chi connectivity index (χ0v) is 13.3. The summed E-state index contributed by atoms with van der Waals surface area (Å²) in [5, 5.41) is 0. The summed E-state index contributed by atoms with van der Waals surface area (Å²) in [5.74, 6) is 0.756. The molecule has 1 aliphatic carbocycles. The van der Waals surface area contributed by atoms with Crippen LogP contribution in [0.2, 0.25) is 0 Å². The molecule has 1 heterocycles. The molecule has 1 atom stereocenters. The molecular weight excluding hydrogens is 247 g/mol. The van der Waals surface area contributed by atoms with Crippen molar-refractivity contribution < 1.29 is 9.31 Å². The van der Waals surface area contributed by atoms with E-state index in [0.29, 0.717) is 0 Å². The Morgan fingerprint density at radius 2 is 1.75 bits per heavy atom. The summed E-state index contributed by atoms with van der Waals surface area (Å²) >= 11 is 0. The lowest BCUT2D eigenvalue weighted by Crippen LogP contribution is -2.41. The number of aryl methyl sites for hydroxylation is 1. The second-order valence-electron chi connectivity index (χ2n) is 7.42. The molecule has 1 aromatic carbocycles. The minimum absolute atomic E-state index is 0.222. The SMILES string of the molecule is CC1CCc2cccc(B3OC(C)(C)C(C)(C)O3)c2C1. The number of fused-ring (bicyclic) bond motifs is 1. The van der Waals surface area contributed by atoms with Crippen LogP contribution in [0.25, 0.3) is 0 Å². The van der Waals surface area contributed by atoms with E-state index in [-0.39, 0.29) is 18.3 Å². The molecule has 1 aromatic rings. The van der Waals surface area contributed by atoms with Crippen LogP contribution in [0.3, 0.4) is 0 Å². The van der Waals surface area contributed by atoms with Crippen LogP contribution in [0.4, 0.5) is 0 Å². The molecule has 2 nitrogen and oxygen atoms in total. The topological polar surface area (TPSA) is 18.5 Å². The van der Waals surface area contributed by atoms with Gasteiger partial charge in [-0.15, -0.1) is 0 Å². The van der Waals surface area contributed by atoms with Crippen LogP contribution < -0.4 is 5.46 Å². The first-order chi connectivity index (χ1) is 9.30. The lowest BCUT2D eigenvalue weighted by molar-refractivity contribution is 0.00578. The van der Waals surface area contributed by atoms with Gasteiger partial charge in [-0.05, 0) is 69.5 Å². The normalized spacial score (nSPS) is 27.4. The van der Waals surface area contributed by atoms with Crippen molar-refractivity contribution in [3.8, 4) is 0 Å². The van der Waals surface area contributed by atoms with Crippen LogP contribution in [0.15, 0.2) is 18.2 Å². The van der Waals surface area contributed by atoms with Gasteiger partial charge < -0.3 is 9.31 Å². The minimum atomic E-state index is -0.263. The molecule has 3 rings (SSSR count). The van der Waals surface area contributed by atoms with Gasteiger partial charge >= 0.3 is 7.12 Å². The Balaban J connectivity index is 1.97. The average Bonchev–Trinajstić information content (AvgIpc) is 2.57. The van der Waals surface area contributed by atoms with E-state index in [1.165, 1.54) is 29.4 Å². The summed E-state index contributed by atoms with van der Waals surface area (Å²) in [6, 6.07) is 6.59. The van der Waals surface area contributed by atoms with Gasteiger partial charge in [0.1, 0.15) is 0 Å². The second-order valence-corrected chi connectivity index (χ2v) is 7.42. The minimum Gasteiger partial charge on any atom is -0.399 e. The molecule has 1 aliphatic heterocycles. The Labute approximate surface area is 123 Å². The molecule has 108 valence electrons. The van der Waals surface area contributed by atoms with Crippen molar-refractivity contribution in [3.05, 3.63) is 29.3 Å². The maximum absolute atomic E-state index is 6.23. The van der Waals surface area contributed by atoms with E-state index >= 15 is 0 Å². The van der Waals surface area contributed by atoms with Crippen molar-refractivity contribution in [1.29, 1.82) is 0 Å². The number of hydrogen-bond acceptors (Lipinski definition) is 2. The van der Waals surface area contributed by atoms with Gasteiger partial charge in [0.05, 0.1) is 11.2 Å². The van der Waals surface area contributed by atoms with E-state index in [4.69, 9.17) is 9.31 Å². The van der Waals surface area contributed by atoms with Gasteiger partial charge in [0.25, 0.3) is 0 Å². The standard InChI is InChI=1S/C17H25BO2/c1-12-9-10-13-7-6-8-15(14(13)11-12)18-19-16(2,3)17(4,5)20-18/h6-8,12H,9-11H2,1-5H3. The lowest BCUT2D eigenvalue weighted by atomic mass is 9.70. The Kier molecular flexibility index (Phi) is 3.26. The van der Waals surface area contributed by atoms with Crippen molar-refractivity contribution in [1.82, 2.24) is 0 Å². The predicted molar refractivity (Wildman–Crippen MR) is 83.3 cm³/mol. The molecule has 2 aliphatic rings. The summed E-state index contributed by atoms with van der Waals surface area (Å²) in [6.45, 7) is 10.8. The first-order valence-electron chi connectivity index (χ1n) is 7.76. The Bertz CT molecular complexity index is 506. The van der Waals surface area contributed by atoms with Crippen molar-refractivity contribution in [3.63, 3.8) is 0 Å². The predicted octanol–water partition coefficient (Wildman–Crippen LogP) is 3.11. The fourth-order valence-electron chi connectivity index (χ4n) is 3.18. The Morgan fingerprint density at radius 3 is 2.40 bits per heavy atom. The van der Waals surface area contributed by atoms with Crippen molar-refractivity contribution in [2.75, 3.05) is 0 Å². The van der Waals surface area contributed by atoms with Gasteiger partial charge in [-0.2, -0.15) is 0 Å². The van der Waals surface area contributed by atoms with Crippen LogP contribution in [0, 0.1) is 5.92 Å². The third-order valence-electron chi connectivity index (χ3n) is 5.28. The molecule has 0 amide bonds. The monoisotopic (exact) mass is 272 g/mol. The molecule has 1 unspecified atom stereocenters. The van der Waals surface area contributed by atoms with Gasteiger partial charge in [0.2, 0.25) is 0 Å². The first kappa shape index (κ1) is 14.2. The maximum Gasteiger partial charge on any atom is 0.495 e. The number of hydrogen-bond donors (Lipinski definition) is 0. The van der Waals surface area contributed by atoms with E-state index in [2.05, 4.69) is 52.8 Å². The van der Waals surface area contributed by atoms with E-state index in [1.54, 1.807) is 0 Å². The quantitative estimate of drug-likeness (QED) is 0.731. The van der Waals surface area contributed by atoms with Gasteiger partial charge in [-0.1, -0.05) is 25.1 Å². The molecule has 0 bridgehead atoms. The van der Waals surface area contributed by atoms with Crippen molar-refractivity contribution >= 4 is 12.6 Å². The van der Waals surface area contributed by atoms with Gasteiger partial charge in [0.15, 0.2) is 0 Å². The highest BCUT2D eigenvalue weighted by molar-refractivity contribution is 6.62. The second kappa shape index (κ2) is 4.61. The fraction of sp³-hybridized carbons (Fsp3) is 0.647. The molecule has 0 saturated carbocycles. The largest absolute Gasteiger partial charge is 0.495 e. The zero-order chi connectivity index (χ0) is 14.5. The van der Waals surface area contributed by atoms with Crippen LogP contribution in [0.5, 0.6) is 0 Å². The van der Waals surface area contributed by atoms with E-state index in [9.17, 15) is 0 Å². The van der Waals surface area contributed by atoms with Gasteiger partial charge in [-0.25, -0.2) is 0 Å². The lowest BCUT2D eigenvalue weighted by Gasteiger charge is -2.32. The fourth-order valence-corrected chi connectivity index (χ4v) is 3.18. The molecule has 0 radical (unpaired) electrons. The maximum atomic E-state index is 6.23. The molecular formula is C17H25BO2. The summed E-state index contributed by atoms with van der Waals surface area (Å²) in [4.78, 5) is 0. The van der Waals surface area contributed by atoms with Crippen LogP contribution in [-0.4, -0.2) is 18.3 Å². The van der Waals surface area contributed by atoms with Crippen LogP contribution in [0.1, 0.15) is 52.2 Å². The molecule has 0 aromatic heterocycles. The van der Waals surface area contributed by atoms with E-state index in [1.807, 2.05) is 0 Å². The van der Waals surface area contributed by atoms with Gasteiger partial charge in [0, 0.05) is 0 Å². The summed E-state index contributed by atoms with van der Waals surface area (Å²) in [6.07, 6.45) is 3.62. The van der Waals surface area contributed by atoms with Crippen LogP contribution in [-0.2, 0) is 22.2 Å². The summed E-state index contributed by atoms with van der Waals surface area (Å²) in [5.41, 5.74) is 3.66.